The van der Waals surface area contributed by atoms with Gasteiger partial charge in [-0.05, 0) is 43.7 Å². The highest BCUT2D eigenvalue weighted by atomic mass is 16.5. The van der Waals surface area contributed by atoms with Crippen LogP contribution in [0.15, 0.2) is 24.3 Å². The van der Waals surface area contributed by atoms with Crippen LogP contribution in [0.2, 0.25) is 0 Å². The van der Waals surface area contributed by atoms with E-state index in [2.05, 4.69) is 4.90 Å². The van der Waals surface area contributed by atoms with E-state index in [1.165, 1.54) is 25.8 Å². The first-order valence-electron chi connectivity index (χ1n) is 9.73. The van der Waals surface area contributed by atoms with Gasteiger partial charge in [0, 0.05) is 49.9 Å². The van der Waals surface area contributed by atoms with E-state index in [9.17, 15) is 9.59 Å². The van der Waals surface area contributed by atoms with Crippen molar-refractivity contribution in [2.45, 2.75) is 25.3 Å². The van der Waals surface area contributed by atoms with Gasteiger partial charge in [-0.25, -0.2) is 0 Å². The molecule has 0 aromatic heterocycles. The number of piperidine rings is 1. The maximum absolute atomic E-state index is 12.9. The standard InChI is InChI=1S/C20H27N3O3/c24-19(22-11-13-26-14-12-22)16-4-6-17(7-5-16)20(25)23-10-9-21-8-2-1-3-18(21)15-23/h4-7,18H,1-3,8-15H2/t18-/m1/s1. The number of piperazine rings is 1. The molecule has 0 radical (unpaired) electrons. The molecule has 0 aliphatic carbocycles. The number of carbonyl (C=O) groups excluding carboxylic acids is 2. The van der Waals surface area contributed by atoms with Crippen LogP contribution in [0.1, 0.15) is 40.0 Å². The van der Waals surface area contributed by atoms with Gasteiger partial charge < -0.3 is 14.5 Å². The number of morpholine rings is 1. The summed E-state index contributed by atoms with van der Waals surface area (Å²) < 4.78 is 5.29. The Hall–Kier alpha value is -1.92. The van der Waals surface area contributed by atoms with Gasteiger partial charge >= 0.3 is 0 Å². The zero-order valence-corrected chi connectivity index (χ0v) is 15.2. The lowest BCUT2D eigenvalue weighted by Crippen LogP contribution is -2.56. The van der Waals surface area contributed by atoms with E-state index in [4.69, 9.17) is 4.74 Å². The molecule has 3 aliphatic heterocycles. The van der Waals surface area contributed by atoms with Crippen molar-refractivity contribution in [3.05, 3.63) is 35.4 Å². The Morgan fingerprint density at radius 3 is 2.15 bits per heavy atom. The molecule has 1 atom stereocenters. The second kappa shape index (κ2) is 7.76. The van der Waals surface area contributed by atoms with Crippen molar-refractivity contribution >= 4 is 11.8 Å². The molecule has 3 aliphatic rings. The predicted molar refractivity (Wildman–Crippen MR) is 98.3 cm³/mol. The monoisotopic (exact) mass is 357 g/mol. The summed E-state index contributed by atoms with van der Waals surface area (Å²) >= 11 is 0. The zero-order valence-electron chi connectivity index (χ0n) is 15.2. The van der Waals surface area contributed by atoms with Gasteiger partial charge in [0.2, 0.25) is 0 Å². The lowest BCUT2D eigenvalue weighted by atomic mass is 9.99. The van der Waals surface area contributed by atoms with Crippen LogP contribution in [-0.4, -0.2) is 85.0 Å². The first-order chi connectivity index (χ1) is 12.7. The van der Waals surface area contributed by atoms with Crippen molar-refractivity contribution in [3.63, 3.8) is 0 Å². The van der Waals surface area contributed by atoms with Crippen LogP contribution in [0.25, 0.3) is 0 Å². The third-order valence-corrected chi connectivity index (χ3v) is 5.80. The van der Waals surface area contributed by atoms with Gasteiger partial charge in [-0.1, -0.05) is 6.42 Å². The smallest absolute Gasteiger partial charge is 0.254 e. The molecule has 3 heterocycles. The first kappa shape index (κ1) is 17.5. The van der Waals surface area contributed by atoms with Crippen LogP contribution >= 0.6 is 0 Å². The van der Waals surface area contributed by atoms with Crippen molar-refractivity contribution in [2.24, 2.45) is 0 Å². The lowest BCUT2D eigenvalue weighted by Gasteiger charge is -2.44. The average Bonchev–Trinajstić information content (AvgIpc) is 2.73. The summed E-state index contributed by atoms with van der Waals surface area (Å²) in [5.74, 6) is 0.101. The molecule has 0 unspecified atom stereocenters. The highest BCUT2D eigenvalue weighted by Gasteiger charge is 2.31. The van der Waals surface area contributed by atoms with Gasteiger partial charge in [-0.15, -0.1) is 0 Å². The van der Waals surface area contributed by atoms with E-state index in [1.807, 2.05) is 9.80 Å². The Bertz CT molecular complexity index is 655. The Kier molecular flexibility index (Phi) is 5.22. The molecule has 4 rings (SSSR count). The summed E-state index contributed by atoms with van der Waals surface area (Å²) in [7, 11) is 0. The van der Waals surface area contributed by atoms with Crippen molar-refractivity contribution in [3.8, 4) is 0 Å². The molecule has 6 heteroatoms. The average molecular weight is 357 g/mol. The number of hydrogen-bond acceptors (Lipinski definition) is 4. The van der Waals surface area contributed by atoms with Gasteiger partial charge in [0.15, 0.2) is 0 Å². The fraction of sp³-hybridized carbons (Fsp3) is 0.600. The Morgan fingerprint density at radius 2 is 1.46 bits per heavy atom. The van der Waals surface area contributed by atoms with E-state index < -0.39 is 0 Å². The number of ether oxygens (including phenoxy) is 1. The third kappa shape index (κ3) is 3.62. The summed E-state index contributed by atoms with van der Waals surface area (Å²) in [6.45, 7) is 6.22. The zero-order chi connectivity index (χ0) is 17.9. The van der Waals surface area contributed by atoms with Gasteiger partial charge in [-0.2, -0.15) is 0 Å². The second-order valence-electron chi connectivity index (χ2n) is 7.42. The van der Waals surface area contributed by atoms with Crippen molar-refractivity contribution in [1.82, 2.24) is 14.7 Å². The highest BCUT2D eigenvalue weighted by Crippen LogP contribution is 2.22. The molecule has 140 valence electrons. The maximum atomic E-state index is 12.9. The number of carbonyl (C=O) groups is 2. The number of amides is 2. The first-order valence-corrected chi connectivity index (χ1v) is 9.73. The molecule has 0 bridgehead atoms. The molecule has 0 spiro atoms. The van der Waals surface area contributed by atoms with E-state index in [0.717, 1.165) is 19.6 Å². The minimum Gasteiger partial charge on any atom is -0.378 e. The number of hydrogen-bond donors (Lipinski definition) is 0. The largest absolute Gasteiger partial charge is 0.378 e. The summed E-state index contributed by atoms with van der Waals surface area (Å²) in [6, 6.07) is 7.67. The van der Waals surface area contributed by atoms with Crippen molar-refractivity contribution in [1.29, 1.82) is 0 Å². The van der Waals surface area contributed by atoms with Gasteiger partial charge in [0.05, 0.1) is 13.2 Å². The van der Waals surface area contributed by atoms with Crippen LogP contribution in [0.3, 0.4) is 0 Å². The number of fused-ring (bicyclic) bond motifs is 1. The summed E-state index contributed by atoms with van der Waals surface area (Å²) in [4.78, 5) is 31.7. The fourth-order valence-corrected chi connectivity index (χ4v) is 4.23. The summed E-state index contributed by atoms with van der Waals surface area (Å²) in [6.07, 6.45) is 3.74. The van der Waals surface area contributed by atoms with Crippen LogP contribution in [0.4, 0.5) is 0 Å². The molecule has 0 saturated carbocycles. The number of benzene rings is 1. The van der Waals surface area contributed by atoms with E-state index in [0.29, 0.717) is 43.5 Å². The summed E-state index contributed by atoms with van der Waals surface area (Å²) in [5, 5.41) is 0. The van der Waals surface area contributed by atoms with Crippen molar-refractivity contribution in [2.75, 3.05) is 52.5 Å². The van der Waals surface area contributed by atoms with Crippen LogP contribution in [-0.2, 0) is 4.74 Å². The van der Waals surface area contributed by atoms with Gasteiger partial charge in [0.25, 0.3) is 11.8 Å². The second-order valence-corrected chi connectivity index (χ2v) is 7.42. The minimum absolute atomic E-state index is 0.0168. The molecule has 0 N–H and O–H groups in total. The predicted octanol–water partition coefficient (Wildman–Crippen LogP) is 1.47. The number of rotatable bonds is 2. The van der Waals surface area contributed by atoms with Crippen LogP contribution in [0.5, 0.6) is 0 Å². The molecule has 3 fully saturated rings. The molecule has 1 aromatic carbocycles. The Morgan fingerprint density at radius 1 is 0.808 bits per heavy atom. The topological polar surface area (TPSA) is 53.1 Å². The minimum atomic E-state index is 0.0168. The molecular weight excluding hydrogens is 330 g/mol. The van der Waals surface area contributed by atoms with Crippen LogP contribution in [0, 0.1) is 0 Å². The summed E-state index contributed by atoms with van der Waals surface area (Å²) in [5.41, 5.74) is 1.31. The molecule has 3 saturated heterocycles. The Balaban J connectivity index is 1.40. The molecule has 2 amide bonds. The molecule has 26 heavy (non-hydrogen) atoms. The number of nitrogens with zero attached hydrogens (tertiary/aromatic N) is 3. The normalized spacial score (nSPS) is 24.2. The van der Waals surface area contributed by atoms with Gasteiger partial charge in [0.1, 0.15) is 0 Å². The van der Waals surface area contributed by atoms with E-state index >= 15 is 0 Å². The van der Waals surface area contributed by atoms with E-state index in [1.54, 1.807) is 24.3 Å². The molecular formula is C20H27N3O3. The molecule has 1 aromatic rings. The quantitative estimate of drug-likeness (QED) is 0.804. The van der Waals surface area contributed by atoms with Gasteiger partial charge in [-0.3, -0.25) is 14.5 Å². The van der Waals surface area contributed by atoms with Crippen molar-refractivity contribution < 1.29 is 14.3 Å². The maximum Gasteiger partial charge on any atom is 0.254 e. The fourth-order valence-electron chi connectivity index (χ4n) is 4.23. The third-order valence-electron chi connectivity index (χ3n) is 5.80. The van der Waals surface area contributed by atoms with Crippen LogP contribution < -0.4 is 0 Å². The van der Waals surface area contributed by atoms with E-state index in [-0.39, 0.29) is 11.8 Å². The SMILES string of the molecule is O=C(c1ccc(C(=O)N2CCN3CCCC[C@@H]3C2)cc1)N1CCOCC1. The highest BCUT2D eigenvalue weighted by molar-refractivity contribution is 5.98. The molecule has 6 nitrogen and oxygen atoms in total. The lowest BCUT2D eigenvalue weighted by molar-refractivity contribution is 0.0302. The Labute approximate surface area is 154 Å².